The van der Waals surface area contributed by atoms with Crippen molar-refractivity contribution in [1.29, 1.82) is 0 Å². The van der Waals surface area contributed by atoms with Crippen LogP contribution >= 0.6 is 0 Å². The van der Waals surface area contributed by atoms with Crippen molar-refractivity contribution in [2.45, 2.75) is 31.8 Å². The largest absolute Gasteiger partial charge is 0.378 e. The quantitative estimate of drug-likeness (QED) is 0.651. The van der Waals surface area contributed by atoms with E-state index in [1.807, 2.05) is 0 Å². The summed E-state index contributed by atoms with van der Waals surface area (Å²) < 4.78 is 5.55. The summed E-state index contributed by atoms with van der Waals surface area (Å²) in [7, 11) is 3.48. The Morgan fingerprint density at radius 2 is 2.18 bits per heavy atom. The van der Waals surface area contributed by atoms with Crippen molar-refractivity contribution in [3.05, 3.63) is 0 Å². The monoisotopic (exact) mass is 243 g/mol. The molecule has 1 unspecified atom stereocenters. The van der Waals surface area contributed by atoms with Crippen LogP contribution in [0, 0.1) is 0 Å². The first-order valence-corrected chi connectivity index (χ1v) is 6.47. The van der Waals surface area contributed by atoms with Crippen LogP contribution in [0.2, 0.25) is 0 Å². The lowest BCUT2D eigenvalue weighted by Crippen LogP contribution is -2.38. The zero-order valence-electron chi connectivity index (χ0n) is 11.0. The van der Waals surface area contributed by atoms with Gasteiger partial charge in [0.05, 0.1) is 6.10 Å². The fourth-order valence-electron chi connectivity index (χ4n) is 1.87. The van der Waals surface area contributed by atoms with Crippen LogP contribution in [0.15, 0.2) is 0 Å². The average molecular weight is 243 g/mol. The van der Waals surface area contributed by atoms with E-state index in [4.69, 9.17) is 4.74 Å². The molecule has 2 amide bonds. The van der Waals surface area contributed by atoms with Gasteiger partial charge in [-0.2, -0.15) is 0 Å². The Bertz CT molecular complexity index is 216. The molecular formula is C12H25N3O2. The highest BCUT2D eigenvalue weighted by Gasteiger charge is 2.14. The lowest BCUT2D eigenvalue weighted by Gasteiger charge is -2.12. The van der Waals surface area contributed by atoms with Gasteiger partial charge in [-0.3, -0.25) is 0 Å². The lowest BCUT2D eigenvalue weighted by molar-refractivity contribution is 0.102. The molecule has 17 heavy (non-hydrogen) atoms. The second kappa shape index (κ2) is 8.31. The first kappa shape index (κ1) is 14.3. The minimum absolute atomic E-state index is 0.0360. The van der Waals surface area contributed by atoms with Gasteiger partial charge in [0.15, 0.2) is 0 Å². The van der Waals surface area contributed by atoms with Gasteiger partial charge in [0.1, 0.15) is 0 Å². The molecule has 2 N–H and O–H groups in total. The lowest BCUT2D eigenvalue weighted by atomic mass is 10.1. The molecule has 0 bridgehead atoms. The fourth-order valence-corrected chi connectivity index (χ4v) is 1.87. The van der Waals surface area contributed by atoms with E-state index < -0.39 is 0 Å². The molecule has 1 fully saturated rings. The number of carbonyl (C=O) groups is 1. The predicted octanol–water partition coefficient (Wildman–Crippen LogP) is 0.806. The summed E-state index contributed by atoms with van der Waals surface area (Å²) in [5.74, 6) is 0. The van der Waals surface area contributed by atoms with E-state index in [0.717, 1.165) is 32.5 Å². The minimum Gasteiger partial charge on any atom is -0.378 e. The minimum atomic E-state index is -0.0360. The Balaban J connectivity index is 1.82. The van der Waals surface area contributed by atoms with Gasteiger partial charge in [-0.15, -0.1) is 0 Å². The van der Waals surface area contributed by atoms with Crippen molar-refractivity contribution < 1.29 is 9.53 Å². The topological polar surface area (TPSA) is 53.6 Å². The smallest absolute Gasteiger partial charge is 0.316 e. The molecule has 1 atom stereocenters. The van der Waals surface area contributed by atoms with Crippen LogP contribution in [-0.2, 0) is 4.74 Å². The maximum absolute atomic E-state index is 11.2. The van der Waals surface area contributed by atoms with Crippen LogP contribution in [0.4, 0.5) is 4.79 Å². The van der Waals surface area contributed by atoms with Crippen molar-refractivity contribution >= 4 is 6.03 Å². The van der Waals surface area contributed by atoms with Crippen molar-refractivity contribution in [3.63, 3.8) is 0 Å². The second-order valence-corrected chi connectivity index (χ2v) is 4.65. The number of amides is 2. The van der Waals surface area contributed by atoms with Gasteiger partial charge in [-0.25, -0.2) is 4.79 Å². The van der Waals surface area contributed by atoms with E-state index in [-0.39, 0.29) is 6.03 Å². The molecule has 5 heteroatoms. The Morgan fingerprint density at radius 1 is 1.35 bits per heavy atom. The van der Waals surface area contributed by atoms with Crippen molar-refractivity contribution in [2.24, 2.45) is 0 Å². The van der Waals surface area contributed by atoms with Crippen molar-refractivity contribution in [2.75, 3.05) is 40.3 Å². The summed E-state index contributed by atoms with van der Waals surface area (Å²) >= 11 is 0. The molecule has 1 rings (SSSR count). The SMILES string of the molecule is CN(C)C(=O)NCCNCCCC1CCCO1. The zero-order valence-corrected chi connectivity index (χ0v) is 11.0. The fraction of sp³-hybridized carbons (Fsp3) is 0.917. The van der Waals surface area contributed by atoms with Crippen LogP contribution in [0.3, 0.4) is 0 Å². The molecule has 0 spiro atoms. The molecule has 1 saturated heterocycles. The molecule has 0 aliphatic carbocycles. The third-order valence-electron chi connectivity index (χ3n) is 2.89. The maximum atomic E-state index is 11.2. The van der Waals surface area contributed by atoms with Crippen molar-refractivity contribution in [1.82, 2.24) is 15.5 Å². The van der Waals surface area contributed by atoms with Gasteiger partial charge in [-0.05, 0) is 32.2 Å². The number of ether oxygens (including phenoxy) is 1. The highest BCUT2D eigenvalue weighted by molar-refractivity contribution is 5.73. The number of hydrogen-bond donors (Lipinski definition) is 2. The zero-order chi connectivity index (χ0) is 12.5. The summed E-state index contributed by atoms with van der Waals surface area (Å²) in [6.07, 6.45) is 5.22. The Labute approximate surface area is 104 Å². The highest BCUT2D eigenvalue weighted by atomic mass is 16.5. The van der Waals surface area contributed by atoms with E-state index in [9.17, 15) is 4.79 Å². The molecule has 100 valence electrons. The maximum Gasteiger partial charge on any atom is 0.316 e. The van der Waals surface area contributed by atoms with Gasteiger partial charge in [-0.1, -0.05) is 0 Å². The molecule has 0 aromatic rings. The molecular weight excluding hydrogens is 218 g/mol. The molecule has 0 aromatic heterocycles. The standard InChI is InChI=1S/C12H25N3O2/c1-15(2)12(16)14-9-8-13-7-3-5-11-6-4-10-17-11/h11,13H,3-10H2,1-2H3,(H,14,16). The van der Waals surface area contributed by atoms with Crippen LogP contribution in [0.25, 0.3) is 0 Å². The van der Waals surface area contributed by atoms with Crippen molar-refractivity contribution in [3.8, 4) is 0 Å². The summed E-state index contributed by atoms with van der Waals surface area (Å²) in [6.45, 7) is 3.44. The van der Waals surface area contributed by atoms with E-state index in [1.54, 1.807) is 14.1 Å². The molecule has 0 aromatic carbocycles. The van der Waals surface area contributed by atoms with Gasteiger partial charge in [0.25, 0.3) is 0 Å². The summed E-state index contributed by atoms with van der Waals surface area (Å²) in [5, 5.41) is 6.13. The first-order chi connectivity index (χ1) is 8.20. The molecule has 1 aliphatic heterocycles. The first-order valence-electron chi connectivity index (χ1n) is 6.47. The number of carbonyl (C=O) groups excluding carboxylic acids is 1. The van der Waals surface area contributed by atoms with E-state index >= 15 is 0 Å². The number of hydrogen-bond acceptors (Lipinski definition) is 3. The Morgan fingerprint density at radius 3 is 2.82 bits per heavy atom. The number of urea groups is 1. The number of nitrogens with zero attached hydrogens (tertiary/aromatic N) is 1. The summed E-state index contributed by atoms with van der Waals surface area (Å²) in [4.78, 5) is 12.7. The van der Waals surface area contributed by atoms with E-state index in [1.165, 1.54) is 17.7 Å². The van der Waals surface area contributed by atoms with Crippen LogP contribution in [0.5, 0.6) is 0 Å². The van der Waals surface area contributed by atoms with E-state index in [0.29, 0.717) is 12.6 Å². The van der Waals surface area contributed by atoms with Crippen LogP contribution in [0.1, 0.15) is 25.7 Å². The van der Waals surface area contributed by atoms with Crippen LogP contribution in [-0.4, -0.2) is 57.4 Å². The molecule has 1 heterocycles. The van der Waals surface area contributed by atoms with Crippen LogP contribution < -0.4 is 10.6 Å². The molecule has 1 aliphatic rings. The second-order valence-electron chi connectivity index (χ2n) is 4.65. The average Bonchev–Trinajstić information content (AvgIpc) is 2.80. The van der Waals surface area contributed by atoms with Gasteiger partial charge in [0, 0.05) is 33.8 Å². The predicted molar refractivity (Wildman–Crippen MR) is 68.2 cm³/mol. The number of nitrogens with one attached hydrogen (secondary N) is 2. The normalized spacial score (nSPS) is 19.3. The molecule has 0 saturated carbocycles. The Kier molecular flexibility index (Phi) is 6.96. The third-order valence-corrected chi connectivity index (χ3v) is 2.89. The molecule has 0 radical (unpaired) electrons. The van der Waals surface area contributed by atoms with Gasteiger partial charge < -0.3 is 20.3 Å². The van der Waals surface area contributed by atoms with Gasteiger partial charge >= 0.3 is 6.03 Å². The third kappa shape index (κ3) is 6.48. The van der Waals surface area contributed by atoms with E-state index in [2.05, 4.69) is 10.6 Å². The summed E-state index contributed by atoms with van der Waals surface area (Å²) in [5.41, 5.74) is 0. The molecule has 5 nitrogen and oxygen atoms in total. The number of rotatable bonds is 7. The Hall–Kier alpha value is -0.810. The van der Waals surface area contributed by atoms with Gasteiger partial charge in [0.2, 0.25) is 0 Å². The highest BCUT2D eigenvalue weighted by Crippen LogP contribution is 2.16. The summed E-state index contributed by atoms with van der Waals surface area (Å²) in [6, 6.07) is -0.0360.